The minimum Gasteiger partial charge on any atom is -0.352 e. The van der Waals surface area contributed by atoms with Gasteiger partial charge < -0.3 is 4.98 Å². The van der Waals surface area contributed by atoms with Gasteiger partial charge in [0.2, 0.25) is 0 Å². The van der Waals surface area contributed by atoms with E-state index in [9.17, 15) is 0 Å². The van der Waals surface area contributed by atoms with Crippen molar-refractivity contribution in [3.63, 3.8) is 0 Å². The van der Waals surface area contributed by atoms with Crippen LogP contribution in [0.15, 0.2) is 61.3 Å². The molecule has 0 aliphatic carbocycles. The second-order valence-electron chi connectivity index (χ2n) is 7.62. The van der Waals surface area contributed by atoms with Crippen LogP contribution in [0, 0.1) is 13.8 Å². The summed E-state index contributed by atoms with van der Waals surface area (Å²) >= 11 is 1.78. The number of nitrogens with one attached hydrogen (secondary N) is 2. The van der Waals surface area contributed by atoms with E-state index in [1.165, 1.54) is 9.75 Å². The Morgan fingerprint density at radius 2 is 1.74 bits per heavy atom. The molecule has 6 aromatic heterocycles. The third-order valence-electron chi connectivity index (χ3n) is 5.57. The van der Waals surface area contributed by atoms with Crippen molar-refractivity contribution in [2.24, 2.45) is 0 Å². The lowest BCUT2D eigenvalue weighted by Gasteiger charge is -2.04. The Hall–Kier alpha value is -3.84. The van der Waals surface area contributed by atoms with E-state index in [1.54, 1.807) is 17.5 Å². The van der Waals surface area contributed by atoms with Crippen LogP contribution in [0.1, 0.15) is 10.4 Å². The third kappa shape index (κ3) is 2.93. The second kappa shape index (κ2) is 6.85. The van der Waals surface area contributed by atoms with Crippen molar-refractivity contribution in [1.82, 2.24) is 30.1 Å². The van der Waals surface area contributed by atoms with E-state index in [2.05, 4.69) is 68.2 Å². The summed E-state index contributed by atoms with van der Waals surface area (Å²) in [5.74, 6) is 0. The summed E-state index contributed by atoms with van der Waals surface area (Å²) in [7, 11) is 0. The first-order chi connectivity index (χ1) is 15.2. The predicted octanol–water partition coefficient (Wildman–Crippen LogP) is 5.91. The number of fused-ring (bicyclic) bond motifs is 2. The van der Waals surface area contributed by atoms with E-state index >= 15 is 0 Å². The number of aromatic amines is 2. The third-order valence-corrected chi connectivity index (χ3v) is 6.60. The average molecular weight is 423 g/mol. The Morgan fingerprint density at radius 1 is 0.839 bits per heavy atom. The Bertz CT molecular complexity index is 1570. The molecule has 6 nitrogen and oxygen atoms in total. The molecule has 6 aromatic rings. The fourth-order valence-corrected chi connectivity index (χ4v) is 4.85. The molecular weight excluding hydrogens is 404 g/mol. The second-order valence-corrected chi connectivity index (χ2v) is 8.91. The van der Waals surface area contributed by atoms with Crippen molar-refractivity contribution in [3.8, 4) is 33.1 Å². The fraction of sp³-hybridized carbons (Fsp3) is 0.0833. The van der Waals surface area contributed by atoms with Gasteiger partial charge in [-0.25, -0.2) is 0 Å². The van der Waals surface area contributed by atoms with E-state index in [4.69, 9.17) is 0 Å². The zero-order chi connectivity index (χ0) is 20.9. The van der Waals surface area contributed by atoms with Crippen molar-refractivity contribution in [2.45, 2.75) is 13.8 Å². The van der Waals surface area contributed by atoms with E-state index in [-0.39, 0.29) is 0 Å². The van der Waals surface area contributed by atoms with Crippen LogP contribution in [-0.4, -0.2) is 30.1 Å². The van der Waals surface area contributed by atoms with Gasteiger partial charge in [-0.05, 0) is 49.7 Å². The van der Waals surface area contributed by atoms with E-state index in [0.717, 1.165) is 55.6 Å². The molecule has 6 rings (SSSR count). The zero-order valence-electron chi connectivity index (χ0n) is 17.0. The van der Waals surface area contributed by atoms with Crippen molar-refractivity contribution in [3.05, 3.63) is 71.8 Å². The first-order valence-electron chi connectivity index (χ1n) is 9.96. The number of hydrogen-bond acceptors (Lipinski definition) is 5. The van der Waals surface area contributed by atoms with Crippen LogP contribution in [0.25, 0.3) is 54.9 Å². The number of rotatable bonds is 3. The maximum Gasteiger partial charge on any atom is 0.116 e. The van der Waals surface area contributed by atoms with Crippen molar-refractivity contribution in [2.75, 3.05) is 0 Å². The summed E-state index contributed by atoms with van der Waals surface area (Å²) < 4.78 is 0. The zero-order valence-corrected chi connectivity index (χ0v) is 17.8. The number of H-pyrrole nitrogens is 2. The monoisotopic (exact) mass is 422 g/mol. The highest BCUT2D eigenvalue weighted by molar-refractivity contribution is 7.15. The minimum absolute atomic E-state index is 0.865. The molecule has 0 aromatic carbocycles. The molecule has 0 saturated carbocycles. The molecule has 0 fully saturated rings. The van der Waals surface area contributed by atoms with E-state index in [0.29, 0.717) is 0 Å². The predicted molar refractivity (Wildman–Crippen MR) is 125 cm³/mol. The summed E-state index contributed by atoms with van der Waals surface area (Å²) in [6.07, 6.45) is 9.28. The highest BCUT2D eigenvalue weighted by atomic mass is 32.1. The normalized spacial score (nSPS) is 11.5. The van der Waals surface area contributed by atoms with Crippen LogP contribution < -0.4 is 0 Å². The maximum absolute atomic E-state index is 4.61. The highest BCUT2D eigenvalue weighted by Gasteiger charge is 2.16. The largest absolute Gasteiger partial charge is 0.352 e. The van der Waals surface area contributed by atoms with Gasteiger partial charge >= 0.3 is 0 Å². The molecule has 0 spiro atoms. The van der Waals surface area contributed by atoms with Gasteiger partial charge in [0.1, 0.15) is 5.69 Å². The Kier molecular flexibility index (Phi) is 3.97. The number of aromatic nitrogens is 6. The molecule has 0 bridgehead atoms. The summed E-state index contributed by atoms with van der Waals surface area (Å²) in [4.78, 5) is 19.3. The molecule has 31 heavy (non-hydrogen) atoms. The van der Waals surface area contributed by atoms with E-state index < -0.39 is 0 Å². The van der Waals surface area contributed by atoms with Gasteiger partial charge in [0.15, 0.2) is 0 Å². The minimum atomic E-state index is 0.865. The molecule has 0 aliphatic heterocycles. The van der Waals surface area contributed by atoms with Gasteiger partial charge in [-0.3, -0.25) is 20.1 Å². The summed E-state index contributed by atoms with van der Waals surface area (Å²) in [5.41, 5.74) is 7.87. The quantitative estimate of drug-likeness (QED) is 0.371. The van der Waals surface area contributed by atoms with Crippen molar-refractivity contribution in [1.29, 1.82) is 0 Å². The maximum atomic E-state index is 4.61. The van der Waals surface area contributed by atoms with Crippen LogP contribution >= 0.6 is 11.3 Å². The van der Waals surface area contributed by atoms with Crippen LogP contribution in [0.5, 0.6) is 0 Å². The van der Waals surface area contributed by atoms with Gasteiger partial charge in [-0.1, -0.05) is 0 Å². The first kappa shape index (κ1) is 18.0. The Balaban J connectivity index is 1.52. The summed E-state index contributed by atoms with van der Waals surface area (Å²) in [5, 5.41) is 9.86. The lowest BCUT2D eigenvalue weighted by molar-refractivity contribution is 1.11. The number of hydrogen-bond donors (Lipinski definition) is 2. The smallest absolute Gasteiger partial charge is 0.116 e. The molecule has 0 radical (unpaired) electrons. The number of aryl methyl sites for hydroxylation is 2. The van der Waals surface area contributed by atoms with Gasteiger partial charge in [-0.15, -0.1) is 11.3 Å². The van der Waals surface area contributed by atoms with Gasteiger partial charge in [0.05, 0.1) is 34.8 Å². The lowest BCUT2D eigenvalue weighted by Crippen LogP contribution is -1.88. The average Bonchev–Trinajstić information content (AvgIpc) is 3.50. The topological polar surface area (TPSA) is 83.1 Å². The molecule has 2 N–H and O–H groups in total. The SMILES string of the molecule is Cc1ccc(-c2cncc3[nH]c(-c4n[nH]c5cnc(-c6cnccc6C)cc45)cc23)s1. The molecule has 0 amide bonds. The highest BCUT2D eigenvalue weighted by Crippen LogP contribution is 2.36. The summed E-state index contributed by atoms with van der Waals surface area (Å²) in [6, 6.07) is 10.5. The molecule has 0 saturated heterocycles. The fourth-order valence-electron chi connectivity index (χ4n) is 3.96. The molecule has 0 atom stereocenters. The number of thiophene rings is 1. The molecule has 6 heterocycles. The molecular formula is C24H18N6S. The van der Waals surface area contributed by atoms with Gasteiger partial charge in [-0.2, -0.15) is 5.10 Å². The Morgan fingerprint density at radius 3 is 2.58 bits per heavy atom. The molecule has 150 valence electrons. The number of pyridine rings is 3. The van der Waals surface area contributed by atoms with E-state index in [1.807, 2.05) is 30.9 Å². The van der Waals surface area contributed by atoms with Crippen LogP contribution in [0.3, 0.4) is 0 Å². The van der Waals surface area contributed by atoms with Gasteiger partial charge in [0, 0.05) is 50.2 Å². The number of nitrogens with zero attached hydrogens (tertiary/aromatic N) is 4. The molecule has 7 heteroatoms. The molecule has 0 unspecified atom stereocenters. The molecule has 0 aliphatic rings. The standard InChI is InChI=1S/C24H18N6S/c1-13-5-6-25-9-17(13)19-8-16-22(12-27-19)29-30-24(16)20-7-15-18(10-26-11-21(15)28-20)23-4-3-14(2)31-23/h3-12,28H,1-2H3,(H,29,30). The van der Waals surface area contributed by atoms with Crippen LogP contribution in [0.4, 0.5) is 0 Å². The summed E-state index contributed by atoms with van der Waals surface area (Å²) in [6.45, 7) is 4.19. The lowest BCUT2D eigenvalue weighted by atomic mass is 10.1. The van der Waals surface area contributed by atoms with Crippen LogP contribution in [-0.2, 0) is 0 Å². The van der Waals surface area contributed by atoms with Crippen molar-refractivity contribution >= 4 is 33.1 Å². The first-order valence-corrected chi connectivity index (χ1v) is 10.8. The Labute approximate surface area is 182 Å². The van der Waals surface area contributed by atoms with Crippen molar-refractivity contribution < 1.29 is 0 Å². The van der Waals surface area contributed by atoms with Crippen LogP contribution in [0.2, 0.25) is 0 Å². The van der Waals surface area contributed by atoms with Gasteiger partial charge in [0.25, 0.3) is 0 Å².